The van der Waals surface area contributed by atoms with Gasteiger partial charge >= 0.3 is 0 Å². The third-order valence-electron chi connectivity index (χ3n) is 5.27. The molecule has 2 unspecified atom stereocenters. The largest absolute Gasteiger partial charge is 0.356 e. The van der Waals surface area contributed by atoms with Gasteiger partial charge in [-0.1, -0.05) is 0 Å². The van der Waals surface area contributed by atoms with Crippen LogP contribution in [0, 0.1) is 18.8 Å². The third kappa shape index (κ3) is 2.67. The van der Waals surface area contributed by atoms with Crippen molar-refractivity contribution in [2.24, 2.45) is 11.8 Å². The lowest BCUT2D eigenvalue weighted by Crippen LogP contribution is -2.29. The molecule has 0 saturated carbocycles. The summed E-state index contributed by atoms with van der Waals surface area (Å²) in [6, 6.07) is 5.91. The van der Waals surface area contributed by atoms with E-state index in [1.54, 1.807) is 17.2 Å². The second kappa shape index (κ2) is 6.05. The standard InChI is InChI=1S/C18H20N8/c1-13-19-5-3-16(23-13)24-8-14-10-25(11-15(14)9-24)17-7-18(21-12-20-17)26-6-2-4-22-26/h2-7,12,14-15H,8-11H2,1H3. The van der Waals surface area contributed by atoms with Crippen molar-refractivity contribution in [1.29, 1.82) is 0 Å². The van der Waals surface area contributed by atoms with Crippen LogP contribution in [0.3, 0.4) is 0 Å². The Balaban J connectivity index is 1.31. The number of rotatable bonds is 3. The van der Waals surface area contributed by atoms with Gasteiger partial charge in [-0.2, -0.15) is 5.10 Å². The van der Waals surface area contributed by atoms with E-state index < -0.39 is 0 Å². The molecule has 0 radical (unpaired) electrons. The summed E-state index contributed by atoms with van der Waals surface area (Å²) in [5, 5.41) is 4.25. The van der Waals surface area contributed by atoms with Crippen LogP contribution < -0.4 is 9.80 Å². The number of aryl methyl sites for hydroxylation is 1. The van der Waals surface area contributed by atoms with E-state index in [-0.39, 0.29) is 0 Å². The van der Waals surface area contributed by atoms with E-state index in [0.717, 1.165) is 49.5 Å². The fraction of sp³-hybridized carbons (Fsp3) is 0.389. The first kappa shape index (κ1) is 15.2. The summed E-state index contributed by atoms with van der Waals surface area (Å²) in [4.78, 5) is 22.3. The lowest BCUT2D eigenvalue weighted by atomic mass is 10.0. The summed E-state index contributed by atoms with van der Waals surface area (Å²) in [5.41, 5.74) is 0. The Morgan fingerprint density at radius 1 is 0.885 bits per heavy atom. The molecule has 0 N–H and O–H groups in total. The average molecular weight is 348 g/mol. The van der Waals surface area contributed by atoms with Gasteiger partial charge in [-0.3, -0.25) is 0 Å². The van der Waals surface area contributed by atoms with Crippen LogP contribution in [0.1, 0.15) is 5.82 Å². The summed E-state index contributed by atoms with van der Waals surface area (Å²) in [5.74, 6) is 4.91. The van der Waals surface area contributed by atoms with Crippen LogP contribution in [0.15, 0.2) is 43.1 Å². The maximum absolute atomic E-state index is 4.57. The number of anilines is 2. The molecule has 2 fully saturated rings. The van der Waals surface area contributed by atoms with Crippen LogP contribution in [0.5, 0.6) is 0 Å². The fourth-order valence-corrected chi connectivity index (χ4v) is 4.03. The number of hydrogen-bond acceptors (Lipinski definition) is 7. The molecule has 0 aliphatic carbocycles. The molecule has 26 heavy (non-hydrogen) atoms. The quantitative estimate of drug-likeness (QED) is 0.707. The van der Waals surface area contributed by atoms with Crippen molar-refractivity contribution in [1.82, 2.24) is 29.7 Å². The molecular weight excluding hydrogens is 328 g/mol. The molecule has 3 aromatic heterocycles. The van der Waals surface area contributed by atoms with Crippen LogP contribution in [0.25, 0.3) is 5.82 Å². The van der Waals surface area contributed by atoms with Gasteiger partial charge in [0.15, 0.2) is 5.82 Å². The zero-order valence-corrected chi connectivity index (χ0v) is 14.6. The SMILES string of the molecule is Cc1nccc(N2CC3CN(c4cc(-n5cccn5)ncn4)CC3C2)n1. The molecule has 0 aromatic carbocycles. The zero-order valence-electron chi connectivity index (χ0n) is 14.6. The van der Waals surface area contributed by atoms with Crippen molar-refractivity contribution >= 4 is 11.6 Å². The Labute approximate surface area is 151 Å². The van der Waals surface area contributed by atoms with Crippen molar-refractivity contribution in [3.8, 4) is 5.82 Å². The number of aromatic nitrogens is 6. The highest BCUT2D eigenvalue weighted by atomic mass is 15.3. The Morgan fingerprint density at radius 2 is 1.62 bits per heavy atom. The first-order valence-electron chi connectivity index (χ1n) is 8.88. The highest BCUT2D eigenvalue weighted by molar-refractivity contribution is 5.47. The van der Waals surface area contributed by atoms with Crippen molar-refractivity contribution in [3.63, 3.8) is 0 Å². The second-order valence-corrected chi connectivity index (χ2v) is 6.98. The highest BCUT2D eigenvalue weighted by Gasteiger charge is 2.41. The lowest BCUT2D eigenvalue weighted by molar-refractivity contribution is 0.533. The normalized spacial score (nSPS) is 22.0. The lowest BCUT2D eigenvalue weighted by Gasteiger charge is -2.23. The molecule has 8 heteroatoms. The van der Waals surface area contributed by atoms with Gasteiger partial charge in [0.05, 0.1) is 0 Å². The minimum Gasteiger partial charge on any atom is -0.356 e. The van der Waals surface area contributed by atoms with E-state index in [0.29, 0.717) is 11.8 Å². The minimum absolute atomic E-state index is 0.633. The van der Waals surface area contributed by atoms with Gasteiger partial charge in [-0.05, 0) is 19.1 Å². The molecule has 132 valence electrons. The van der Waals surface area contributed by atoms with Crippen molar-refractivity contribution in [3.05, 3.63) is 48.9 Å². The molecular formula is C18H20N8. The van der Waals surface area contributed by atoms with Crippen molar-refractivity contribution in [2.75, 3.05) is 36.0 Å². The van der Waals surface area contributed by atoms with Crippen LogP contribution >= 0.6 is 0 Å². The van der Waals surface area contributed by atoms with Crippen molar-refractivity contribution < 1.29 is 0 Å². The molecule has 0 amide bonds. The Kier molecular flexibility index (Phi) is 3.55. The van der Waals surface area contributed by atoms with Gasteiger partial charge in [0, 0.05) is 62.7 Å². The first-order valence-corrected chi connectivity index (χ1v) is 8.88. The van der Waals surface area contributed by atoms with Crippen LogP contribution in [0.2, 0.25) is 0 Å². The Morgan fingerprint density at radius 3 is 2.31 bits per heavy atom. The van der Waals surface area contributed by atoms with Gasteiger partial charge in [0.1, 0.15) is 23.8 Å². The molecule has 3 aromatic rings. The zero-order chi connectivity index (χ0) is 17.5. The fourth-order valence-electron chi connectivity index (χ4n) is 4.03. The molecule has 0 spiro atoms. The molecule has 5 rings (SSSR count). The summed E-state index contributed by atoms with van der Waals surface area (Å²) >= 11 is 0. The van der Waals surface area contributed by atoms with Gasteiger partial charge < -0.3 is 9.80 Å². The second-order valence-electron chi connectivity index (χ2n) is 6.98. The van der Waals surface area contributed by atoms with Gasteiger partial charge in [-0.15, -0.1) is 0 Å². The third-order valence-corrected chi connectivity index (χ3v) is 5.27. The van der Waals surface area contributed by atoms with Crippen LogP contribution in [0.4, 0.5) is 11.6 Å². The van der Waals surface area contributed by atoms with E-state index in [1.807, 2.05) is 37.5 Å². The highest BCUT2D eigenvalue weighted by Crippen LogP contribution is 2.35. The molecule has 2 aliphatic rings. The Bertz CT molecular complexity index is 895. The van der Waals surface area contributed by atoms with E-state index >= 15 is 0 Å². The molecule has 5 heterocycles. The molecule has 2 aliphatic heterocycles. The summed E-state index contributed by atoms with van der Waals surface area (Å²) in [7, 11) is 0. The van der Waals surface area contributed by atoms with Crippen LogP contribution in [-0.2, 0) is 0 Å². The predicted octanol–water partition coefficient (Wildman–Crippen LogP) is 1.33. The topological polar surface area (TPSA) is 75.9 Å². The van der Waals surface area contributed by atoms with E-state index in [2.05, 4.69) is 34.8 Å². The van der Waals surface area contributed by atoms with E-state index in [1.165, 1.54) is 0 Å². The molecule has 2 saturated heterocycles. The van der Waals surface area contributed by atoms with Gasteiger partial charge in [-0.25, -0.2) is 24.6 Å². The predicted molar refractivity (Wildman–Crippen MR) is 97.3 cm³/mol. The summed E-state index contributed by atoms with van der Waals surface area (Å²) in [6.45, 7) is 6.04. The smallest absolute Gasteiger partial charge is 0.158 e. The molecule has 8 nitrogen and oxygen atoms in total. The maximum atomic E-state index is 4.57. The van der Waals surface area contributed by atoms with Crippen molar-refractivity contribution in [2.45, 2.75) is 6.92 Å². The number of hydrogen-bond donors (Lipinski definition) is 0. The van der Waals surface area contributed by atoms with Gasteiger partial charge in [0.2, 0.25) is 0 Å². The van der Waals surface area contributed by atoms with Gasteiger partial charge in [0.25, 0.3) is 0 Å². The monoisotopic (exact) mass is 348 g/mol. The minimum atomic E-state index is 0.633. The number of nitrogens with zero attached hydrogens (tertiary/aromatic N) is 8. The number of fused-ring (bicyclic) bond motifs is 1. The molecule has 0 bridgehead atoms. The van der Waals surface area contributed by atoms with E-state index in [9.17, 15) is 0 Å². The first-order chi connectivity index (χ1) is 12.8. The average Bonchev–Trinajstić information content (AvgIpc) is 3.38. The maximum Gasteiger partial charge on any atom is 0.158 e. The summed E-state index contributed by atoms with van der Waals surface area (Å²) < 4.78 is 1.77. The summed E-state index contributed by atoms with van der Waals surface area (Å²) in [6.07, 6.45) is 7.12. The molecule has 2 atom stereocenters. The Hall–Kier alpha value is -3.03. The van der Waals surface area contributed by atoms with E-state index in [4.69, 9.17) is 0 Å². The van der Waals surface area contributed by atoms with Crippen LogP contribution in [-0.4, -0.2) is 55.9 Å².